The van der Waals surface area contributed by atoms with E-state index in [9.17, 15) is 0 Å². The van der Waals surface area contributed by atoms with Crippen LogP contribution in [0.25, 0.3) is 0 Å². The van der Waals surface area contributed by atoms with Gasteiger partial charge in [0, 0.05) is 18.0 Å². The third-order valence-electron chi connectivity index (χ3n) is 3.20. The number of nitrogens with one attached hydrogen (secondary N) is 1. The summed E-state index contributed by atoms with van der Waals surface area (Å²) in [5.74, 6) is 0. The second-order valence-corrected chi connectivity index (χ2v) is 6.25. The van der Waals surface area contributed by atoms with Crippen LogP contribution in [0.15, 0.2) is 0 Å². The highest BCUT2D eigenvalue weighted by Gasteiger charge is 2.34. The number of rotatable bonds is 7. The van der Waals surface area contributed by atoms with Gasteiger partial charge in [-0.2, -0.15) is 0 Å². The molecule has 4 heteroatoms. The fourth-order valence-electron chi connectivity index (χ4n) is 2.28. The zero-order valence-electron chi connectivity index (χ0n) is 12.5. The smallest absolute Gasteiger partial charge is 0.116 e. The minimum absolute atomic E-state index is 0.147. The van der Waals surface area contributed by atoms with Crippen LogP contribution < -0.4 is 5.32 Å². The summed E-state index contributed by atoms with van der Waals surface area (Å²) in [7, 11) is 1.76. The third kappa shape index (κ3) is 3.31. The normalized spacial score (nSPS) is 15.1. The molecule has 0 saturated carbocycles. The van der Waals surface area contributed by atoms with Crippen LogP contribution in [-0.4, -0.2) is 24.7 Å². The number of aryl methyl sites for hydroxylation is 2. The predicted octanol–water partition coefficient (Wildman–Crippen LogP) is 3.26. The van der Waals surface area contributed by atoms with Crippen LogP contribution in [0.3, 0.4) is 0 Å². The van der Waals surface area contributed by atoms with E-state index in [1.807, 2.05) is 0 Å². The molecular weight excluding hydrogens is 244 g/mol. The van der Waals surface area contributed by atoms with Crippen LogP contribution in [0.1, 0.15) is 49.7 Å². The average molecular weight is 270 g/mol. The van der Waals surface area contributed by atoms with Crippen molar-refractivity contribution in [3.05, 3.63) is 15.6 Å². The van der Waals surface area contributed by atoms with Gasteiger partial charge < -0.3 is 10.1 Å². The molecule has 1 aromatic heterocycles. The van der Waals surface area contributed by atoms with Crippen molar-refractivity contribution in [3.63, 3.8) is 0 Å². The molecule has 0 amide bonds. The van der Waals surface area contributed by atoms with Crippen molar-refractivity contribution in [2.45, 2.75) is 59.0 Å². The van der Waals surface area contributed by atoms with E-state index >= 15 is 0 Å². The van der Waals surface area contributed by atoms with Gasteiger partial charge in [-0.1, -0.05) is 13.8 Å². The van der Waals surface area contributed by atoms with Gasteiger partial charge >= 0.3 is 0 Å². The quantitative estimate of drug-likeness (QED) is 0.826. The van der Waals surface area contributed by atoms with Gasteiger partial charge in [-0.15, -0.1) is 11.3 Å². The number of methoxy groups -OCH3 is 1. The van der Waals surface area contributed by atoms with E-state index in [0.717, 1.165) is 17.8 Å². The molecule has 0 spiro atoms. The van der Waals surface area contributed by atoms with Crippen molar-refractivity contribution in [2.24, 2.45) is 0 Å². The summed E-state index contributed by atoms with van der Waals surface area (Å²) < 4.78 is 5.44. The lowest BCUT2D eigenvalue weighted by atomic mass is 9.97. The van der Waals surface area contributed by atoms with Crippen molar-refractivity contribution < 1.29 is 4.74 Å². The van der Waals surface area contributed by atoms with Crippen LogP contribution in [-0.2, 0) is 16.7 Å². The first kappa shape index (κ1) is 15.6. The molecule has 0 aromatic carbocycles. The van der Waals surface area contributed by atoms with Crippen LogP contribution >= 0.6 is 11.3 Å². The second kappa shape index (κ2) is 6.64. The SMILES string of the molecule is CCc1nc(C(CC)(COC)NC(C)C)sc1C. The zero-order chi connectivity index (χ0) is 13.8. The molecule has 18 heavy (non-hydrogen) atoms. The van der Waals surface area contributed by atoms with Crippen molar-refractivity contribution >= 4 is 11.3 Å². The van der Waals surface area contributed by atoms with Crippen LogP contribution in [0.4, 0.5) is 0 Å². The van der Waals surface area contributed by atoms with Crippen molar-refractivity contribution in [2.75, 3.05) is 13.7 Å². The first-order chi connectivity index (χ1) is 8.49. The molecule has 1 aromatic rings. The molecular formula is C14H26N2OS. The van der Waals surface area contributed by atoms with Gasteiger partial charge in [0.15, 0.2) is 0 Å². The summed E-state index contributed by atoms with van der Waals surface area (Å²) in [5, 5.41) is 4.81. The van der Waals surface area contributed by atoms with Gasteiger partial charge in [-0.25, -0.2) is 4.98 Å². The van der Waals surface area contributed by atoms with Gasteiger partial charge in [-0.05, 0) is 33.6 Å². The predicted molar refractivity (Wildman–Crippen MR) is 78.3 cm³/mol. The second-order valence-electron chi connectivity index (χ2n) is 5.04. The van der Waals surface area contributed by atoms with E-state index in [4.69, 9.17) is 9.72 Å². The Morgan fingerprint density at radius 3 is 2.44 bits per heavy atom. The molecule has 0 fully saturated rings. The summed E-state index contributed by atoms with van der Waals surface area (Å²) >= 11 is 1.80. The maximum absolute atomic E-state index is 5.44. The van der Waals surface area contributed by atoms with E-state index < -0.39 is 0 Å². The summed E-state index contributed by atoms with van der Waals surface area (Å²) in [4.78, 5) is 6.15. The Morgan fingerprint density at radius 1 is 1.39 bits per heavy atom. The highest BCUT2D eigenvalue weighted by molar-refractivity contribution is 7.11. The van der Waals surface area contributed by atoms with Gasteiger partial charge in [0.1, 0.15) is 5.01 Å². The Kier molecular flexibility index (Phi) is 5.76. The number of thiazole rings is 1. The monoisotopic (exact) mass is 270 g/mol. The molecule has 0 aliphatic rings. The number of hydrogen-bond donors (Lipinski definition) is 1. The minimum atomic E-state index is -0.147. The number of aromatic nitrogens is 1. The summed E-state index contributed by atoms with van der Waals surface area (Å²) in [5.41, 5.74) is 1.07. The topological polar surface area (TPSA) is 34.1 Å². The van der Waals surface area contributed by atoms with E-state index in [1.165, 1.54) is 10.6 Å². The molecule has 1 atom stereocenters. The fourth-order valence-corrected chi connectivity index (χ4v) is 3.49. The lowest BCUT2D eigenvalue weighted by molar-refractivity contribution is 0.0981. The minimum Gasteiger partial charge on any atom is -0.382 e. The first-order valence-corrected chi connectivity index (χ1v) is 7.54. The van der Waals surface area contributed by atoms with Crippen molar-refractivity contribution in [1.29, 1.82) is 0 Å². The number of ether oxygens (including phenoxy) is 1. The van der Waals surface area contributed by atoms with Crippen molar-refractivity contribution in [1.82, 2.24) is 10.3 Å². The maximum atomic E-state index is 5.44. The highest BCUT2D eigenvalue weighted by atomic mass is 32.1. The molecule has 1 rings (SSSR count). The maximum Gasteiger partial charge on any atom is 0.116 e. The molecule has 0 aliphatic heterocycles. The molecule has 0 bridgehead atoms. The van der Waals surface area contributed by atoms with E-state index in [-0.39, 0.29) is 5.54 Å². The molecule has 0 saturated heterocycles. The first-order valence-electron chi connectivity index (χ1n) is 6.72. The average Bonchev–Trinajstić information content (AvgIpc) is 2.69. The largest absolute Gasteiger partial charge is 0.382 e. The molecule has 3 nitrogen and oxygen atoms in total. The van der Waals surface area contributed by atoms with Crippen LogP contribution in [0, 0.1) is 6.92 Å². The summed E-state index contributed by atoms with van der Waals surface area (Å²) in [6, 6.07) is 0.411. The van der Waals surface area contributed by atoms with E-state index in [0.29, 0.717) is 12.6 Å². The summed E-state index contributed by atoms with van der Waals surface area (Å²) in [6.45, 7) is 11.5. The fraction of sp³-hybridized carbons (Fsp3) is 0.786. The van der Waals surface area contributed by atoms with Gasteiger partial charge in [0.2, 0.25) is 0 Å². The lowest BCUT2D eigenvalue weighted by Crippen LogP contribution is -2.48. The molecule has 104 valence electrons. The van der Waals surface area contributed by atoms with Crippen LogP contribution in [0.5, 0.6) is 0 Å². The highest BCUT2D eigenvalue weighted by Crippen LogP contribution is 2.31. The van der Waals surface area contributed by atoms with Gasteiger partial charge in [0.25, 0.3) is 0 Å². The number of hydrogen-bond acceptors (Lipinski definition) is 4. The Balaban J connectivity index is 3.14. The van der Waals surface area contributed by atoms with E-state index in [2.05, 4.69) is 39.9 Å². The van der Waals surface area contributed by atoms with Gasteiger partial charge in [-0.3, -0.25) is 0 Å². The Labute approximate surface area is 115 Å². The molecule has 0 radical (unpaired) electrons. The van der Waals surface area contributed by atoms with Crippen LogP contribution in [0.2, 0.25) is 0 Å². The van der Waals surface area contributed by atoms with E-state index in [1.54, 1.807) is 18.4 Å². The van der Waals surface area contributed by atoms with Gasteiger partial charge in [0.05, 0.1) is 17.8 Å². The Morgan fingerprint density at radius 2 is 2.06 bits per heavy atom. The number of nitrogens with zero attached hydrogens (tertiary/aromatic N) is 1. The van der Waals surface area contributed by atoms with Crippen molar-refractivity contribution in [3.8, 4) is 0 Å². The third-order valence-corrected chi connectivity index (χ3v) is 4.41. The summed E-state index contributed by atoms with van der Waals surface area (Å²) in [6.07, 6.45) is 1.98. The Hall–Kier alpha value is -0.450. The molecule has 0 aliphatic carbocycles. The standard InChI is InChI=1S/C14H26N2OS/c1-7-12-11(5)18-13(15-12)14(8-2,9-17-6)16-10(3)4/h10,16H,7-9H2,1-6H3. The molecule has 1 unspecified atom stereocenters. The Bertz CT molecular complexity index is 376. The molecule has 1 heterocycles. The molecule has 1 N–H and O–H groups in total. The lowest BCUT2D eigenvalue weighted by Gasteiger charge is -2.33. The zero-order valence-corrected chi connectivity index (χ0v) is 13.3.